The zero-order valence-corrected chi connectivity index (χ0v) is 13.6. The number of carbonyl (C=O) groups excluding carboxylic acids is 2. The molecule has 0 saturated heterocycles. The second-order valence-electron chi connectivity index (χ2n) is 5.04. The van der Waals surface area contributed by atoms with Crippen LogP contribution in [0.3, 0.4) is 0 Å². The van der Waals surface area contributed by atoms with E-state index in [4.69, 9.17) is 0 Å². The quantitative estimate of drug-likeness (QED) is 0.743. The Morgan fingerprint density at radius 2 is 1.96 bits per heavy atom. The van der Waals surface area contributed by atoms with Crippen LogP contribution in [-0.4, -0.2) is 22.0 Å². The van der Waals surface area contributed by atoms with Crippen LogP contribution in [0, 0.1) is 6.92 Å². The van der Waals surface area contributed by atoms with E-state index in [0.717, 1.165) is 10.4 Å². The van der Waals surface area contributed by atoms with Crippen molar-refractivity contribution in [2.75, 3.05) is 10.6 Å². The summed E-state index contributed by atoms with van der Waals surface area (Å²) in [5.41, 5.74) is 1.65. The lowest BCUT2D eigenvalue weighted by atomic mass is 10.1. The Morgan fingerprint density at radius 1 is 1.17 bits per heavy atom. The van der Waals surface area contributed by atoms with Gasteiger partial charge in [-0.15, -0.1) is 11.3 Å². The minimum Gasteiger partial charge on any atom is -0.364 e. The maximum Gasteiger partial charge on any atom is 0.277 e. The van der Waals surface area contributed by atoms with E-state index in [0.29, 0.717) is 10.8 Å². The average molecular weight is 342 g/mol. The third-order valence-electron chi connectivity index (χ3n) is 3.11. The number of nitrogens with zero attached hydrogens (tertiary/aromatic N) is 2. The summed E-state index contributed by atoms with van der Waals surface area (Å²) in [6.07, 6.45) is 3.28. The number of rotatable bonds is 5. The maximum atomic E-state index is 12.0. The smallest absolute Gasteiger partial charge is 0.277 e. The molecule has 1 aromatic carbocycles. The van der Waals surface area contributed by atoms with Gasteiger partial charge in [0.25, 0.3) is 5.91 Å². The molecule has 2 amide bonds. The molecule has 0 spiro atoms. The number of hydrogen-bond acceptors (Lipinski definition) is 6. The number of amides is 2. The Morgan fingerprint density at radius 3 is 2.58 bits per heavy atom. The van der Waals surface area contributed by atoms with Gasteiger partial charge in [0.15, 0.2) is 10.8 Å². The molecule has 7 nitrogen and oxygen atoms in total. The molecule has 24 heavy (non-hydrogen) atoms. The molecular weight excluding hydrogens is 328 g/mol. The van der Waals surface area contributed by atoms with Crippen molar-refractivity contribution in [3.63, 3.8) is 0 Å². The first-order valence-corrected chi connectivity index (χ1v) is 7.95. The highest BCUT2D eigenvalue weighted by molar-refractivity contribution is 7.15. The van der Waals surface area contributed by atoms with Crippen LogP contribution < -0.4 is 10.6 Å². The number of hydrogen-bond donors (Lipinski definition) is 2. The van der Waals surface area contributed by atoms with E-state index >= 15 is 0 Å². The normalized spacial score (nSPS) is 10.4. The van der Waals surface area contributed by atoms with Gasteiger partial charge in [-0.2, -0.15) is 0 Å². The van der Waals surface area contributed by atoms with E-state index in [2.05, 4.69) is 25.3 Å². The topological polar surface area (TPSA) is 97.1 Å². The minimum absolute atomic E-state index is 0.135. The fraction of sp³-hybridized carbons (Fsp3) is 0.125. The number of benzene rings is 1. The van der Waals surface area contributed by atoms with Crippen LogP contribution >= 0.6 is 11.3 Å². The van der Waals surface area contributed by atoms with Crippen LogP contribution in [0.1, 0.15) is 20.9 Å². The van der Waals surface area contributed by atoms with Crippen molar-refractivity contribution >= 4 is 34.0 Å². The monoisotopic (exact) mass is 342 g/mol. The van der Waals surface area contributed by atoms with E-state index in [1.54, 1.807) is 30.5 Å². The minimum atomic E-state index is -0.353. The largest absolute Gasteiger partial charge is 0.364 e. The van der Waals surface area contributed by atoms with E-state index in [1.807, 2.05) is 6.92 Å². The van der Waals surface area contributed by atoms with Gasteiger partial charge in [-0.1, -0.05) is 17.3 Å². The fourth-order valence-electron chi connectivity index (χ4n) is 1.99. The first-order valence-electron chi connectivity index (χ1n) is 7.13. The molecule has 2 N–H and O–H groups in total. The molecule has 0 aliphatic carbocycles. The standard InChI is InChI=1S/C16H14N4O3S/c1-10-9-17-16(24-10)19-14(21)8-11-2-4-12(5-3-11)18-15(22)13-6-7-23-20-13/h2-7,9H,8H2,1H3,(H,18,22)(H,17,19,21). The van der Waals surface area contributed by atoms with Crippen molar-refractivity contribution in [3.05, 3.63) is 58.9 Å². The van der Waals surface area contributed by atoms with Gasteiger partial charge in [0.05, 0.1) is 6.42 Å². The summed E-state index contributed by atoms with van der Waals surface area (Å²) in [6, 6.07) is 8.51. The molecule has 0 atom stereocenters. The highest BCUT2D eigenvalue weighted by Gasteiger charge is 2.10. The first kappa shape index (κ1) is 15.9. The molecule has 0 radical (unpaired) electrons. The highest BCUT2D eigenvalue weighted by atomic mass is 32.1. The SMILES string of the molecule is Cc1cnc(NC(=O)Cc2ccc(NC(=O)c3ccon3)cc2)s1. The van der Waals surface area contributed by atoms with Crippen LogP contribution in [0.15, 0.2) is 47.3 Å². The summed E-state index contributed by atoms with van der Waals surface area (Å²) in [4.78, 5) is 28.9. The second kappa shape index (κ2) is 7.05. The average Bonchev–Trinajstić information content (AvgIpc) is 3.21. The lowest BCUT2D eigenvalue weighted by Gasteiger charge is -2.05. The van der Waals surface area contributed by atoms with E-state index < -0.39 is 0 Å². The molecule has 0 aliphatic heterocycles. The van der Waals surface area contributed by atoms with Crippen molar-refractivity contribution in [2.45, 2.75) is 13.3 Å². The van der Waals surface area contributed by atoms with Crippen LogP contribution in [0.4, 0.5) is 10.8 Å². The maximum absolute atomic E-state index is 12.0. The van der Waals surface area contributed by atoms with Gasteiger partial charge >= 0.3 is 0 Å². The summed E-state index contributed by atoms with van der Waals surface area (Å²) in [7, 11) is 0. The summed E-state index contributed by atoms with van der Waals surface area (Å²) in [5.74, 6) is -0.489. The van der Waals surface area contributed by atoms with E-state index in [9.17, 15) is 9.59 Å². The number of aromatic nitrogens is 2. The fourth-order valence-corrected chi connectivity index (χ4v) is 2.67. The van der Waals surface area contributed by atoms with Crippen molar-refractivity contribution in [1.82, 2.24) is 10.1 Å². The molecule has 0 fully saturated rings. The first-order chi connectivity index (χ1) is 11.6. The molecule has 0 unspecified atom stereocenters. The Labute approximate surface area is 141 Å². The predicted octanol–water partition coefficient (Wildman–Crippen LogP) is 2.87. The second-order valence-corrected chi connectivity index (χ2v) is 6.27. The molecule has 0 saturated carbocycles. The number of aryl methyl sites for hydroxylation is 1. The van der Waals surface area contributed by atoms with Gasteiger partial charge in [0.1, 0.15) is 6.26 Å². The summed E-state index contributed by atoms with van der Waals surface area (Å²) in [6.45, 7) is 1.93. The third-order valence-corrected chi connectivity index (χ3v) is 3.94. The molecular formula is C16H14N4O3S. The zero-order chi connectivity index (χ0) is 16.9. The molecule has 3 rings (SSSR count). The van der Waals surface area contributed by atoms with Gasteiger partial charge in [-0.05, 0) is 24.6 Å². The van der Waals surface area contributed by atoms with Gasteiger partial charge in [0, 0.05) is 22.8 Å². The van der Waals surface area contributed by atoms with Crippen LogP contribution in [-0.2, 0) is 11.2 Å². The molecule has 0 aliphatic rings. The zero-order valence-electron chi connectivity index (χ0n) is 12.8. The Kier molecular flexibility index (Phi) is 4.66. The van der Waals surface area contributed by atoms with E-state index in [-0.39, 0.29) is 23.9 Å². The molecule has 3 aromatic rings. The molecule has 0 bridgehead atoms. The van der Waals surface area contributed by atoms with Gasteiger partial charge in [0.2, 0.25) is 5.91 Å². The number of anilines is 2. The predicted molar refractivity (Wildman–Crippen MR) is 90.1 cm³/mol. The lowest BCUT2D eigenvalue weighted by molar-refractivity contribution is -0.115. The van der Waals surface area contributed by atoms with Gasteiger partial charge < -0.3 is 15.2 Å². The summed E-state index contributed by atoms with van der Waals surface area (Å²) >= 11 is 1.43. The number of nitrogens with one attached hydrogen (secondary N) is 2. The van der Waals surface area contributed by atoms with Crippen molar-refractivity contribution < 1.29 is 14.1 Å². The van der Waals surface area contributed by atoms with Crippen LogP contribution in [0.25, 0.3) is 0 Å². The lowest BCUT2D eigenvalue weighted by Crippen LogP contribution is -2.14. The summed E-state index contributed by atoms with van der Waals surface area (Å²) in [5, 5.41) is 9.61. The molecule has 2 aromatic heterocycles. The van der Waals surface area contributed by atoms with Crippen molar-refractivity contribution in [2.24, 2.45) is 0 Å². The Bertz CT molecular complexity index is 841. The van der Waals surface area contributed by atoms with Gasteiger partial charge in [-0.3, -0.25) is 9.59 Å². The Balaban J connectivity index is 1.56. The highest BCUT2D eigenvalue weighted by Crippen LogP contribution is 2.17. The summed E-state index contributed by atoms with van der Waals surface area (Å²) < 4.78 is 4.63. The number of thiazole rings is 1. The number of carbonyl (C=O) groups is 2. The van der Waals surface area contributed by atoms with Crippen molar-refractivity contribution in [1.29, 1.82) is 0 Å². The molecule has 2 heterocycles. The van der Waals surface area contributed by atoms with E-state index in [1.165, 1.54) is 23.7 Å². The van der Waals surface area contributed by atoms with Crippen molar-refractivity contribution in [3.8, 4) is 0 Å². The van der Waals surface area contributed by atoms with Crippen LogP contribution in [0.5, 0.6) is 0 Å². The van der Waals surface area contributed by atoms with Gasteiger partial charge in [-0.25, -0.2) is 4.98 Å². The Hall–Kier alpha value is -3.00. The third kappa shape index (κ3) is 4.05. The molecule has 122 valence electrons. The molecule has 8 heteroatoms. The van der Waals surface area contributed by atoms with Crippen LogP contribution in [0.2, 0.25) is 0 Å².